The average molecular weight is 254 g/mol. The molecule has 16 heavy (non-hydrogen) atoms. The second-order valence-corrected chi connectivity index (χ2v) is 3.98. The summed E-state index contributed by atoms with van der Waals surface area (Å²) in [5, 5.41) is 4.06. The maximum absolute atomic E-state index is 6.02. The third-order valence-corrected chi connectivity index (χ3v) is 2.68. The smallest absolute Gasteiger partial charge is 0.153 e. The van der Waals surface area contributed by atoms with Crippen LogP contribution < -0.4 is 11.1 Å². The molecular formula is C11H9Cl2N3. The normalized spacial score (nSPS) is 10.1. The summed E-state index contributed by atoms with van der Waals surface area (Å²) in [6, 6.07) is 8.77. The summed E-state index contributed by atoms with van der Waals surface area (Å²) in [7, 11) is 0. The zero-order chi connectivity index (χ0) is 11.5. The predicted octanol–water partition coefficient (Wildman–Crippen LogP) is 3.71. The lowest BCUT2D eigenvalue weighted by molar-refractivity contribution is 1.31. The van der Waals surface area contributed by atoms with Crippen LogP contribution in [0.3, 0.4) is 0 Å². The van der Waals surface area contributed by atoms with Crippen molar-refractivity contribution in [2.75, 3.05) is 11.1 Å². The van der Waals surface area contributed by atoms with Gasteiger partial charge in [-0.15, -0.1) is 0 Å². The fraction of sp³-hybridized carbons (Fsp3) is 0. The number of hydrogen-bond acceptors (Lipinski definition) is 3. The van der Waals surface area contributed by atoms with E-state index in [0.29, 0.717) is 27.2 Å². The van der Waals surface area contributed by atoms with Crippen LogP contribution in [-0.2, 0) is 0 Å². The van der Waals surface area contributed by atoms with E-state index in [1.807, 2.05) is 0 Å². The molecule has 0 radical (unpaired) electrons. The molecular weight excluding hydrogens is 245 g/mol. The van der Waals surface area contributed by atoms with E-state index < -0.39 is 0 Å². The van der Waals surface area contributed by atoms with Gasteiger partial charge >= 0.3 is 0 Å². The number of hydrogen-bond donors (Lipinski definition) is 2. The molecule has 0 spiro atoms. The van der Waals surface area contributed by atoms with Gasteiger partial charge in [0.05, 0.1) is 21.4 Å². The van der Waals surface area contributed by atoms with Crippen LogP contribution in [0.4, 0.5) is 17.2 Å². The van der Waals surface area contributed by atoms with Crippen LogP contribution in [-0.4, -0.2) is 4.98 Å². The summed E-state index contributed by atoms with van der Waals surface area (Å²) in [6.45, 7) is 0. The van der Waals surface area contributed by atoms with Gasteiger partial charge in [-0.25, -0.2) is 4.98 Å². The Morgan fingerprint density at radius 2 is 1.75 bits per heavy atom. The summed E-state index contributed by atoms with van der Waals surface area (Å²) >= 11 is 12.0. The molecule has 0 unspecified atom stereocenters. The number of nitrogen functional groups attached to an aromatic ring is 1. The maximum Gasteiger partial charge on any atom is 0.153 e. The van der Waals surface area contributed by atoms with Gasteiger partial charge in [0.25, 0.3) is 0 Å². The third-order valence-electron chi connectivity index (χ3n) is 2.05. The van der Waals surface area contributed by atoms with Crippen molar-refractivity contribution in [2.24, 2.45) is 0 Å². The lowest BCUT2D eigenvalue weighted by Crippen LogP contribution is -1.99. The number of anilines is 3. The number of nitrogens with two attached hydrogens (primary N) is 1. The van der Waals surface area contributed by atoms with E-state index in [1.54, 1.807) is 36.5 Å². The first kappa shape index (κ1) is 11.0. The van der Waals surface area contributed by atoms with Gasteiger partial charge in [-0.1, -0.05) is 29.3 Å². The molecule has 0 aliphatic heterocycles. The van der Waals surface area contributed by atoms with Crippen molar-refractivity contribution >= 4 is 40.4 Å². The van der Waals surface area contributed by atoms with Crippen molar-refractivity contribution in [2.45, 2.75) is 0 Å². The van der Waals surface area contributed by atoms with Gasteiger partial charge < -0.3 is 11.1 Å². The highest BCUT2D eigenvalue weighted by molar-refractivity contribution is 6.39. The van der Waals surface area contributed by atoms with Crippen LogP contribution in [0.5, 0.6) is 0 Å². The monoisotopic (exact) mass is 253 g/mol. The molecule has 1 heterocycles. The highest BCUT2D eigenvalue weighted by Gasteiger charge is 2.07. The standard InChI is InChI=1S/C11H9Cl2N3/c12-7-3-1-4-8(13)10(7)16-11-9(14)5-2-6-15-11/h1-6H,14H2,(H,15,16). The molecule has 0 saturated carbocycles. The van der Waals surface area contributed by atoms with E-state index in [-0.39, 0.29) is 0 Å². The largest absolute Gasteiger partial charge is 0.396 e. The highest BCUT2D eigenvalue weighted by Crippen LogP contribution is 2.33. The minimum absolute atomic E-state index is 0.526. The number of para-hydroxylation sites is 1. The van der Waals surface area contributed by atoms with Gasteiger partial charge in [-0.3, -0.25) is 0 Å². The van der Waals surface area contributed by atoms with Crippen LogP contribution in [0.2, 0.25) is 10.0 Å². The number of halogens is 2. The number of pyridine rings is 1. The molecule has 0 amide bonds. The Labute approximate surface area is 103 Å². The van der Waals surface area contributed by atoms with Gasteiger partial charge in [0.15, 0.2) is 5.82 Å². The molecule has 5 heteroatoms. The van der Waals surface area contributed by atoms with Crippen molar-refractivity contribution in [1.29, 1.82) is 0 Å². The number of benzene rings is 1. The van der Waals surface area contributed by atoms with E-state index in [4.69, 9.17) is 28.9 Å². The summed E-state index contributed by atoms with van der Waals surface area (Å²) in [5.74, 6) is 0.539. The maximum atomic E-state index is 6.02. The van der Waals surface area contributed by atoms with Crippen molar-refractivity contribution in [3.05, 3.63) is 46.6 Å². The van der Waals surface area contributed by atoms with E-state index >= 15 is 0 Å². The first-order chi connectivity index (χ1) is 7.68. The number of nitrogens with zero attached hydrogens (tertiary/aromatic N) is 1. The Morgan fingerprint density at radius 3 is 2.38 bits per heavy atom. The SMILES string of the molecule is Nc1cccnc1Nc1c(Cl)cccc1Cl. The van der Waals surface area contributed by atoms with Crippen LogP contribution in [0.15, 0.2) is 36.5 Å². The second kappa shape index (κ2) is 4.60. The molecule has 1 aromatic heterocycles. The van der Waals surface area contributed by atoms with Crippen LogP contribution in [0, 0.1) is 0 Å². The van der Waals surface area contributed by atoms with Gasteiger partial charge in [0.1, 0.15) is 0 Å². The molecule has 0 aliphatic rings. The molecule has 0 bridgehead atoms. The van der Waals surface area contributed by atoms with Crippen LogP contribution in [0.25, 0.3) is 0 Å². The molecule has 3 N–H and O–H groups in total. The third kappa shape index (κ3) is 2.21. The van der Waals surface area contributed by atoms with Gasteiger partial charge in [0, 0.05) is 6.20 Å². The summed E-state index contributed by atoms with van der Waals surface area (Å²) < 4.78 is 0. The van der Waals surface area contributed by atoms with Crippen molar-refractivity contribution < 1.29 is 0 Å². The Morgan fingerprint density at radius 1 is 1.06 bits per heavy atom. The molecule has 0 saturated heterocycles. The summed E-state index contributed by atoms with van der Waals surface area (Å²) in [6.07, 6.45) is 1.64. The average Bonchev–Trinajstić information content (AvgIpc) is 2.26. The highest BCUT2D eigenvalue weighted by atomic mass is 35.5. The zero-order valence-corrected chi connectivity index (χ0v) is 9.76. The predicted molar refractivity (Wildman–Crippen MR) is 68.4 cm³/mol. The van der Waals surface area contributed by atoms with E-state index in [0.717, 1.165) is 0 Å². The molecule has 1 aromatic carbocycles. The number of rotatable bonds is 2. The van der Waals surface area contributed by atoms with Gasteiger partial charge in [-0.05, 0) is 24.3 Å². The lowest BCUT2D eigenvalue weighted by Gasteiger charge is -2.10. The minimum Gasteiger partial charge on any atom is -0.396 e. The van der Waals surface area contributed by atoms with Crippen molar-refractivity contribution in [1.82, 2.24) is 4.98 Å². The zero-order valence-electron chi connectivity index (χ0n) is 8.24. The van der Waals surface area contributed by atoms with E-state index in [9.17, 15) is 0 Å². The fourth-order valence-electron chi connectivity index (χ4n) is 1.26. The topological polar surface area (TPSA) is 50.9 Å². The van der Waals surface area contributed by atoms with Gasteiger partial charge in [0.2, 0.25) is 0 Å². The lowest BCUT2D eigenvalue weighted by atomic mass is 10.3. The second-order valence-electron chi connectivity index (χ2n) is 3.16. The van der Waals surface area contributed by atoms with Gasteiger partial charge in [-0.2, -0.15) is 0 Å². The molecule has 82 valence electrons. The Balaban J connectivity index is 2.38. The first-order valence-corrected chi connectivity index (χ1v) is 5.35. The quantitative estimate of drug-likeness (QED) is 0.858. The molecule has 0 atom stereocenters. The molecule has 3 nitrogen and oxygen atoms in total. The molecule has 2 aromatic rings. The van der Waals surface area contributed by atoms with E-state index in [1.165, 1.54) is 0 Å². The summed E-state index contributed by atoms with van der Waals surface area (Å²) in [4.78, 5) is 4.10. The number of nitrogens with one attached hydrogen (secondary N) is 1. The Hall–Kier alpha value is -1.45. The fourth-order valence-corrected chi connectivity index (χ4v) is 1.75. The number of aromatic nitrogens is 1. The van der Waals surface area contributed by atoms with Crippen molar-refractivity contribution in [3.8, 4) is 0 Å². The molecule has 0 aliphatic carbocycles. The van der Waals surface area contributed by atoms with Crippen molar-refractivity contribution in [3.63, 3.8) is 0 Å². The Kier molecular flexibility index (Phi) is 3.17. The first-order valence-electron chi connectivity index (χ1n) is 4.60. The molecule has 2 rings (SSSR count). The van der Waals surface area contributed by atoms with Crippen LogP contribution in [0.1, 0.15) is 0 Å². The van der Waals surface area contributed by atoms with E-state index in [2.05, 4.69) is 10.3 Å². The van der Waals surface area contributed by atoms with Crippen LogP contribution >= 0.6 is 23.2 Å². The summed E-state index contributed by atoms with van der Waals surface area (Å²) in [5.41, 5.74) is 6.91. The minimum atomic E-state index is 0.526. The molecule has 0 fully saturated rings. The Bertz CT molecular complexity index is 494.